The molecule has 6 nitrogen and oxygen atoms in total. The van der Waals surface area contributed by atoms with Gasteiger partial charge in [0.2, 0.25) is 5.91 Å². The van der Waals surface area contributed by atoms with Gasteiger partial charge in [0.05, 0.1) is 25.2 Å². The van der Waals surface area contributed by atoms with E-state index in [0.717, 1.165) is 45.7 Å². The highest BCUT2D eigenvalue weighted by atomic mass is 16.5. The molecule has 1 aromatic carbocycles. The van der Waals surface area contributed by atoms with Crippen molar-refractivity contribution in [2.45, 2.75) is 24.9 Å². The van der Waals surface area contributed by atoms with Crippen LogP contribution in [0.5, 0.6) is 5.75 Å². The average molecular weight is 370 g/mol. The summed E-state index contributed by atoms with van der Waals surface area (Å²) in [7, 11) is 0. The number of fused-ring (bicyclic) bond motifs is 3. The number of Topliss-reactive ketones (excluding diaryl/α,β-unsaturated/α-hetero) is 1. The van der Waals surface area contributed by atoms with E-state index < -0.39 is 5.60 Å². The normalized spacial score (nSPS) is 34.7. The van der Waals surface area contributed by atoms with Crippen LogP contribution >= 0.6 is 0 Å². The first-order valence-corrected chi connectivity index (χ1v) is 10.1. The van der Waals surface area contributed by atoms with Crippen LogP contribution in [-0.4, -0.2) is 61.6 Å². The van der Waals surface area contributed by atoms with Gasteiger partial charge in [-0.05, 0) is 30.9 Å². The second kappa shape index (κ2) is 6.60. The zero-order valence-electron chi connectivity index (χ0n) is 15.5. The SMILES string of the molecule is O=C1C[C@]2(CC[C@H]3[C@@H](C(=O)NCCN4CCOCC4)[C@@H]32)Oc2ccccc21. The molecule has 3 fully saturated rings. The molecule has 1 saturated heterocycles. The number of carbonyl (C=O) groups is 2. The van der Waals surface area contributed by atoms with Crippen molar-refractivity contribution in [2.75, 3.05) is 39.4 Å². The molecule has 1 spiro atoms. The van der Waals surface area contributed by atoms with Crippen molar-refractivity contribution in [3.63, 3.8) is 0 Å². The van der Waals surface area contributed by atoms with E-state index in [1.807, 2.05) is 24.3 Å². The van der Waals surface area contributed by atoms with Crippen LogP contribution in [-0.2, 0) is 9.53 Å². The van der Waals surface area contributed by atoms with Crippen LogP contribution in [0.4, 0.5) is 0 Å². The van der Waals surface area contributed by atoms with E-state index in [0.29, 0.717) is 30.2 Å². The van der Waals surface area contributed by atoms with Gasteiger partial charge in [-0.15, -0.1) is 0 Å². The molecule has 2 heterocycles. The molecule has 2 aliphatic heterocycles. The van der Waals surface area contributed by atoms with Gasteiger partial charge in [-0.2, -0.15) is 0 Å². The van der Waals surface area contributed by atoms with Gasteiger partial charge >= 0.3 is 0 Å². The Hall–Kier alpha value is -1.92. The fourth-order valence-corrected chi connectivity index (χ4v) is 5.40. The van der Waals surface area contributed by atoms with E-state index in [1.54, 1.807) is 0 Å². The summed E-state index contributed by atoms with van der Waals surface area (Å²) in [5.41, 5.74) is 0.209. The number of para-hydroxylation sites is 1. The van der Waals surface area contributed by atoms with Crippen LogP contribution in [0.2, 0.25) is 0 Å². The van der Waals surface area contributed by atoms with E-state index in [2.05, 4.69) is 10.2 Å². The van der Waals surface area contributed by atoms with Crippen molar-refractivity contribution in [2.24, 2.45) is 17.8 Å². The van der Waals surface area contributed by atoms with E-state index in [9.17, 15) is 9.59 Å². The summed E-state index contributed by atoms with van der Waals surface area (Å²) in [6.07, 6.45) is 2.25. The molecular formula is C21H26N2O4. The monoisotopic (exact) mass is 370 g/mol. The van der Waals surface area contributed by atoms with Crippen LogP contribution in [0.3, 0.4) is 0 Å². The Kier molecular flexibility index (Phi) is 4.20. The minimum atomic E-state index is -0.470. The number of rotatable bonds is 4. The third kappa shape index (κ3) is 2.95. The molecular weight excluding hydrogens is 344 g/mol. The first-order valence-electron chi connectivity index (χ1n) is 10.1. The minimum absolute atomic E-state index is 0.00139. The van der Waals surface area contributed by atoms with Crippen molar-refractivity contribution in [1.82, 2.24) is 10.2 Å². The minimum Gasteiger partial charge on any atom is -0.486 e. The van der Waals surface area contributed by atoms with Gasteiger partial charge in [0.25, 0.3) is 0 Å². The lowest BCUT2D eigenvalue weighted by molar-refractivity contribution is -0.124. The average Bonchev–Trinajstić information content (AvgIpc) is 3.34. The molecule has 144 valence electrons. The Labute approximate surface area is 159 Å². The molecule has 27 heavy (non-hydrogen) atoms. The second-order valence-electron chi connectivity index (χ2n) is 8.26. The Morgan fingerprint density at radius 1 is 1.26 bits per heavy atom. The van der Waals surface area contributed by atoms with E-state index in [4.69, 9.17) is 9.47 Å². The Bertz CT molecular complexity index is 760. The lowest BCUT2D eigenvalue weighted by Gasteiger charge is -2.37. The number of ether oxygens (including phenoxy) is 2. The molecule has 1 amide bonds. The van der Waals surface area contributed by atoms with E-state index in [-0.39, 0.29) is 23.5 Å². The molecule has 0 unspecified atom stereocenters. The molecule has 2 aliphatic carbocycles. The first-order chi connectivity index (χ1) is 13.2. The maximum absolute atomic E-state index is 12.7. The maximum atomic E-state index is 12.7. The van der Waals surface area contributed by atoms with Crippen LogP contribution < -0.4 is 10.1 Å². The summed E-state index contributed by atoms with van der Waals surface area (Å²) in [5.74, 6) is 1.52. The van der Waals surface area contributed by atoms with Gasteiger partial charge in [0.1, 0.15) is 11.4 Å². The zero-order chi connectivity index (χ0) is 18.4. The Balaban J connectivity index is 1.21. The Morgan fingerprint density at radius 2 is 2.07 bits per heavy atom. The molecule has 4 aliphatic rings. The highest BCUT2D eigenvalue weighted by Gasteiger charge is 2.70. The summed E-state index contributed by atoms with van der Waals surface area (Å²) in [6, 6.07) is 7.48. The van der Waals surface area contributed by atoms with E-state index in [1.165, 1.54) is 0 Å². The number of ketones is 1. The molecule has 0 aromatic heterocycles. The van der Waals surface area contributed by atoms with Gasteiger partial charge in [0.15, 0.2) is 5.78 Å². The van der Waals surface area contributed by atoms with Crippen LogP contribution in [0.25, 0.3) is 0 Å². The van der Waals surface area contributed by atoms with Gasteiger partial charge in [-0.25, -0.2) is 0 Å². The predicted octanol–water partition coefficient (Wildman–Crippen LogP) is 1.49. The topological polar surface area (TPSA) is 67.9 Å². The summed E-state index contributed by atoms with van der Waals surface area (Å²) >= 11 is 0. The standard InChI is InChI=1S/C21H26N2O4/c24-16-13-21(27-17-4-2-1-3-14(16)17)6-5-15-18(19(15)21)20(25)22-7-8-23-9-11-26-12-10-23/h1-4,15,18-19H,5-13H2,(H,22,25)/t15-,18+,19+,21-/m0/s1. The second-order valence-corrected chi connectivity index (χ2v) is 8.26. The van der Waals surface area contributed by atoms with Crippen molar-refractivity contribution < 1.29 is 19.1 Å². The molecule has 0 bridgehead atoms. The van der Waals surface area contributed by atoms with Crippen LogP contribution in [0.1, 0.15) is 29.6 Å². The zero-order valence-corrected chi connectivity index (χ0v) is 15.5. The highest BCUT2D eigenvalue weighted by Crippen LogP contribution is 2.65. The van der Waals surface area contributed by atoms with Crippen molar-refractivity contribution in [3.05, 3.63) is 29.8 Å². The van der Waals surface area contributed by atoms with Crippen molar-refractivity contribution in [1.29, 1.82) is 0 Å². The predicted molar refractivity (Wildman–Crippen MR) is 98.7 cm³/mol. The number of amides is 1. The summed E-state index contributed by atoms with van der Waals surface area (Å²) < 4.78 is 11.7. The third-order valence-corrected chi connectivity index (χ3v) is 6.77. The largest absolute Gasteiger partial charge is 0.486 e. The number of hydrogen-bond acceptors (Lipinski definition) is 5. The third-order valence-electron chi connectivity index (χ3n) is 6.77. The van der Waals surface area contributed by atoms with Crippen molar-refractivity contribution >= 4 is 11.7 Å². The number of hydrogen-bond donors (Lipinski definition) is 1. The summed E-state index contributed by atoms with van der Waals surface area (Å²) in [4.78, 5) is 27.7. The number of nitrogens with zero attached hydrogens (tertiary/aromatic N) is 1. The number of morpholine rings is 1. The quantitative estimate of drug-likeness (QED) is 0.870. The fraction of sp³-hybridized carbons (Fsp3) is 0.619. The number of benzene rings is 1. The summed E-state index contributed by atoms with van der Waals surface area (Å²) in [6.45, 7) is 4.95. The van der Waals surface area contributed by atoms with E-state index >= 15 is 0 Å². The smallest absolute Gasteiger partial charge is 0.223 e. The molecule has 4 atom stereocenters. The first kappa shape index (κ1) is 17.2. The lowest BCUT2D eigenvalue weighted by Crippen LogP contribution is -2.45. The molecule has 5 rings (SSSR count). The fourth-order valence-electron chi connectivity index (χ4n) is 5.40. The number of nitrogens with one attached hydrogen (secondary N) is 1. The molecule has 1 N–H and O–H groups in total. The van der Waals surface area contributed by atoms with Gasteiger partial charge in [-0.3, -0.25) is 14.5 Å². The van der Waals surface area contributed by atoms with Gasteiger partial charge in [-0.1, -0.05) is 12.1 Å². The van der Waals surface area contributed by atoms with Gasteiger partial charge in [0, 0.05) is 38.0 Å². The molecule has 1 aromatic rings. The van der Waals surface area contributed by atoms with Crippen LogP contribution in [0.15, 0.2) is 24.3 Å². The Morgan fingerprint density at radius 3 is 2.93 bits per heavy atom. The van der Waals surface area contributed by atoms with Gasteiger partial charge < -0.3 is 14.8 Å². The number of carbonyl (C=O) groups excluding carboxylic acids is 2. The lowest BCUT2D eigenvalue weighted by atomic mass is 9.84. The highest BCUT2D eigenvalue weighted by molar-refractivity contribution is 6.00. The summed E-state index contributed by atoms with van der Waals surface area (Å²) in [5, 5.41) is 3.11. The van der Waals surface area contributed by atoms with Crippen molar-refractivity contribution in [3.8, 4) is 5.75 Å². The molecule has 2 saturated carbocycles. The molecule has 0 radical (unpaired) electrons. The van der Waals surface area contributed by atoms with Crippen LogP contribution in [0, 0.1) is 17.8 Å². The molecule has 6 heteroatoms. The maximum Gasteiger partial charge on any atom is 0.223 e.